The lowest BCUT2D eigenvalue weighted by Gasteiger charge is -2.34. The minimum absolute atomic E-state index is 0.0598. The Morgan fingerprint density at radius 2 is 1.97 bits per heavy atom. The summed E-state index contributed by atoms with van der Waals surface area (Å²) in [7, 11) is 0. The average Bonchev–Trinajstić information content (AvgIpc) is 3.48. The summed E-state index contributed by atoms with van der Waals surface area (Å²) >= 11 is 6.97. The van der Waals surface area contributed by atoms with E-state index in [1.54, 1.807) is 11.3 Å². The number of nitrogens with one attached hydrogen (secondary N) is 1. The Balaban J connectivity index is 1.37. The van der Waals surface area contributed by atoms with Crippen molar-refractivity contribution < 1.29 is 9.59 Å². The van der Waals surface area contributed by atoms with Gasteiger partial charge in [-0.3, -0.25) is 19.3 Å². The fourth-order valence-electron chi connectivity index (χ4n) is 4.32. The SMILES string of the molecule is CC(C(=O)N1CCC(CC(=O)N2CCCC2)CC1)n1c(-c2cccs2)n[nH]c1=S. The van der Waals surface area contributed by atoms with Crippen LogP contribution in [-0.4, -0.2) is 62.6 Å². The summed E-state index contributed by atoms with van der Waals surface area (Å²) in [5.41, 5.74) is 0. The highest BCUT2D eigenvalue weighted by Gasteiger charge is 2.30. The summed E-state index contributed by atoms with van der Waals surface area (Å²) in [6.07, 6.45) is 4.63. The van der Waals surface area contributed by atoms with Gasteiger partial charge in [-0.2, -0.15) is 5.10 Å². The molecule has 4 heterocycles. The number of carbonyl (C=O) groups excluding carboxylic acids is 2. The largest absolute Gasteiger partial charge is 0.343 e. The van der Waals surface area contributed by atoms with Gasteiger partial charge in [0.1, 0.15) is 6.04 Å². The number of rotatable bonds is 5. The van der Waals surface area contributed by atoms with Crippen LogP contribution in [0.4, 0.5) is 0 Å². The first-order valence-corrected chi connectivity index (χ1v) is 11.6. The summed E-state index contributed by atoms with van der Waals surface area (Å²) in [5.74, 6) is 1.42. The van der Waals surface area contributed by atoms with Crippen LogP contribution in [0.25, 0.3) is 10.7 Å². The van der Waals surface area contributed by atoms with Crippen molar-refractivity contribution in [1.29, 1.82) is 0 Å². The van der Waals surface area contributed by atoms with Crippen LogP contribution in [0.1, 0.15) is 45.1 Å². The van der Waals surface area contributed by atoms with Crippen LogP contribution >= 0.6 is 23.6 Å². The number of carbonyl (C=O) groups is 2. The first-order chi connectivity index (χ1) is 14.0. The van der Waals surface area contributed by atoms with Gasteiger partial charge in [0.05, 0.1) is 4.88 Å². The zero-order chi connectivity index (χ0) is 20.4. The number of nitrogens with zero attached hydrogens (tertiary/aromatic N) is 4. The van der Waals surface area contributed by atoms with Crippen molar-refractivity contribution in [3.63, 3.8) is 0 Å². The van der Waals surface area contributed by atoms with Crippen LogP contribution in [0.2, 0.25) is 0 Å². The van der Waals surface area contributed by atoms with E-state index in [2.05, 4.69) is 10.2 Å². The van der Waals surface area contributed by atoms with Crippen molar-refractivity contribution >= 4 is 35.4 Å². The van der Waals surface area contributed by atoms with E-state index >= 15 is 0 Å². The molecule has 9 heteroatoms. The van der Waals surface area contributed by atoms with Crippen LogP contribution in [0.3, 0.4) is 0 Å². The molecule has 1 N–H and O–H groups in total. The Labute approximate surface area is 179 Å². The Morgan fingerprint density at radius 3 is 2.62 bits per heavy atom. The van der Waals surface area contributed by atoms with E-state index in [0.717, 1.165) is 43.6 Å². The summed E-state index contributed by atoms with van der Waals surface area (Å²) < 4.78 is 2.27. The minimum atomic E-state index is -0.416. The van der Waals surface area contributed by atoms with Gasteiger partial charge in [0.2, 0.25) is 11.8 Å². The molecular weight excluding hydrogens is 406 g/mol. The molecule has 0 bridgehead atoms. The predicted molar refractivity (Wildman–Crippen MR) is 115 cm³/mol. The maximum atomic E-state index is 13.2. The van der Waals surface area contributed by atoms with E-state index < -0.39 is 6.04 Å². The van der Waals surface area contributed by atoms with Crippen molar-refractivity contribution in [2.24, 2.45) is 5.92 Å². The molecule has 2 aliphatic rings. The molecule has 2 fully saturated rings. The summed E-state index contributed by atoms with van der Waals surface area (Å²) in [6, 6.07) is 3.52. The van der Waals surface area contributed by atoms with Crippen molar-refractivity contribution in [3.8, 4) is 10.7 Å². The quantitative estimate of drug-likeness (QED) is 0.733. The molecule has 1 unspecified atom stereocenters. The second kappa shape index (κ2) is 8.79. The molecule has 1 atom stereocenters. The Bertz CT molecular complexity index is 906. The standard InChI is InChI=1S/C20H27N5O2S2/c1-14(25-18(21-22-20(25)28)16-5-4-12-29-16)19(27)24-10-6-15(7-11-24)13-17(26)23-8-2-3-9-23/h4-5,12,14-15H,2-3,6-11,13H2,1H3,(H,22,28). The number of aromatic nitrogens is 3. The molecule has 0 saturated carbocycles. The molecule has 2 aliphatic heterocycles. The number of hydrogen-bond acceptors (Lipinski definition) is 5. The number of H-pyrrole nitrogens is 1. The van der Waals surface area contributed by atoms with E-state index in [1.165, 1.54) is 0 Å². The van der Waals surface area contributed by atoms with Gasteiger partial charge in [-0.25, -0.2) is 0 Å². The van der Waals surface area contributed by atoms with E-state index in [-0.39, 0.29) is 11.8 Å². The molecule has 4 rings (SSSR count). The molecule has 0 aliphatic carbocycles. The van der Waals surface area contributed by atoms with Gasteiger partial charge in [0, 0.05) is 32.6 Å². The Morgan fingerprint density at radius 1 is 1.24 bits per heavy atom. The van der Waals surface area contributed by atoms with Crippen LogP contribution in [0.15, 0.2) is 17.5 Å². The second-order valence-electron chi connectivity index (χ2n) is 7.94. The van der Waals surface area contributed by atoms with Crippen LogP contribution in [0, 0.1) is 10.7 Å². The van der Waals surface area contributed by atoms with Gasteiger partial charge in [0.25, 0.3) is 0 Å². The summed E-state index contributed by atoms with van der Waals surface area (Å²) in [4.78, 5) is 30.4. The molecule has 2 aromatic rings. The van der Waals surface area contributed by atoms with E-state index in [9.17, 15) is 9.59 Å². The first-order valence-electron chi connectivity index (χ1n) is 10.3. The monoisotopic (exact) mass is 433 g/mol. The molecule has 0 radical (unpaired) electrons. The molecule has 0 aromatic carbocycles. The van der Waals surface area contributed by atoms with E-state index in [4.69, 9.17) is 12.2 Å². The fourth-order valence-corrected chi connectivity index (χ4v) is 5.32. The van der Waals surface area contributed by atoms with Crippen LogP contribution < -0.4 is 0 Å². The van der Waals surface area contributed by atoms with Crippen molar-refractivity contribution in [2.75, 3.05) is 26.2 Å². The maximum Gasteiger partial charge on any atom is 0.245 e. The van der Waals surface area contributed by atoms with Gasteiger partial charge in [0.15, 0.2) is 10.6 Å². The highest BCUT2D eigenvalue weighted by molar-refractivity contribution is 7.71. The third kappa shape index (κ3) is 4.30. The lowest BCUT2D eigenvalue weighted by Crippen LogP contribution is -2.42. The number of aromatic amines is 1. The molecular formula is C20H27N5O2S2. The molecule has 29 heavy (non-hydrogen) atoms. The Hall–Kier alpha value is -2.00. The van der Waals surface area contributed by atoms with Crippen molar-refractivity contribution in [1.82, 2.24) is 24.6 Å². The topological polar surface area (TPSA) is 74.2 Å². The van der Waals surface area contributed by atoms with Gasteiger partial charge in [-0.15, -0.1) is 11.3 Å². The highest BCUT2D eigenvalue weighted by atomic mass is 32.1. The third-order valence-electron chi connectivity index (χ3n) is 6.04. The normalized spacial score (nSPS) is 18.9. The molecule has 2 aromatic heterocycles. The average molecular weight is 434 g/mol. The first kappa shape index (κ1) is 20.3. The van der Waals surface area contributed by atoms with E-state index in [0.29, 0.717) is 36.0 Å². The molecule has 0 spiro atoms. The lowest BCUT2D eigenvalue weighted by molar-refractivity contribution is -0.136. The minimum Gasteiger partial charge on any atom is -0.343 e. The maximum absolute atomic E-state index is 13.2. The number of amides is 2. The van der Waals surface area contributed by atoms with Crippen molar-refractivity contribution in [3.05, 3.63) is 22.3 Å². The Kier molecular flexibility index (Phi) is 6.15. The summed E-state index contributed by atoms with van der Waals surface area (Å²) in [5, 5.41) is 9.15. The smallest absolute Gasteiger partial charge is 0.245 e. The molecule has 156 valence electrons. The number of piperidine rings is 1. The third-order valence-corrected chi connectivity index (χ3v) is 7.19. The zero-order valence-electron chi connectivity index (χ0n) is 16.7. The lowest BCUT2D eigenvalue weighted by atomic mass is 9.92. The second-order valence-corrected chi connectivity index (χ2v) is 9.27. The van der Waals surface area contributed by atoms with Crippen molar-refractivity contribution in [2.45, 2.75) is 45.1 Å². The zero-order valence-corrected chi connectivity index (χ0v) is 18.3. The molecule has 2 saturated heterocycles. The molecule has 7 nitrogen and oxygen atoms in total. The number of likely N-dealkylation sites (tertiary alicyclic amines) is 2. The van der Waals surface area contributed by atoms with Gasteiger partial charge in [-0.05, 0) is 62.2 Å². The number of hydrogen-bond donors (Lipinski definition) is 1. The highest BCUT2D eigenvalue weighted by Crippen LogP contribution is 2.28. The van der Waals surface area contributed by atoms with Gasteiger partial charge in [-0.1, -0.05) is 6.07 Å². The van der Waals surface area contributed by atoms with Gasteiger partial charge < -0.3 is 9.80 Å². The predicted octanol–water partition coefficient (Wildman–Crippen LogP) is 3.48. The molecule has 2 amide bonds. The van der Waals surface area contributed by atoms with Gasteiger partial charge >= 0.3 is 0 Å². The van der Waals surface area contributed by atoms with Crippen LogP contribution in [0.5, 0.6) is 0 Å². The fraction of sp³-hybridized carbons (Fsp3) is 0.600. The van der Waals surface area contributed by atoms with Crippen LogP contribution in [-0.2, 0) is 9.59 Å². The van der Waals surface area contributed by atoms with E-state index in [1.807, 2.05) is 38.8 Å². The summed E-state index contributed by atoms with van der Waals surface area (Å²) in [6.45, 7) is 5.09. The number of thiophene rings is 1.